The van der Waals surface area contributed by atoms with Crippen molar-refractivity contribution in [2.45, 2.75) is 26.8 Å². The maximum atomic E-state index is 13.0. The summed E-state index contributed by atoms with van der Waals surface area (Å²) in [5.74, 6) is -0.384. The molecule has 0 atom stereocenters. The van der Waals surface area contributed by atoms with Crippen LogP contribution in [0.15, 0.2) is 53.6 Å². The standard InChI is InChI=1S/C20H19N7O2/c1-12(2)27-20(29)16-7-5-4-6-15(16)18(23-27)19(28)22-14-8-9-17(13(3)10-14)26-11-21-24-25-26/h4-12H,1-3H3,(H,22,28). The Morgan fingerprint density at radius 2 is 1.86 bits per heavy atom. The third-order valence-corrected chi connectivity index (χ3v) is 4.58. The first kappa shape index (κ1) is 18.5. The predicted octanol–water partition coefficient (Wildman–Crippen LogP) is 2.51. The fourth-order valence-corrected chi connectivity index (χ4v) is 3.18. The van der Waals surface area contributed by atoms with E-state index in [1.54, 1.807) is 35.0 Å². The zero-order valence-corrected chi connectivity index (χ0v) is 16.2. The normalized spacial score (nSPS) is 11.2. The summed E-state index contributed by atoms with van der Waals surface area (Å²) in [4.78, 5) is 25.7. The Hall–Kier alpha value is -3.88. The molecule has 29 heavy (non-hydrogen) atoms. The van der Waals surface area contributed by atoms with Gasteiger partial charge in [-0.15, -0.1) is 5.10 Å². The zero-order valence-electron chi connectivity index (χ0n) is 16.2. The minimum Gasteiger partial charge on any atom is -0.321 e. The van der Waals surface area contributed by atoms with Gasteiger partial charge in [0.1, 0.15) is 6.33 Å². The average molecular weight is 389 g/mol. The van der Waals surface area contributed by atoms with Gasteiger partial charge < -0.3 is 5.32 Å². The Morgan fingerprint density at radius 1 is 1.10 bits per heavy atom. The van der Waals surface area contributed by atoms with Gasteiger partial charge in [0.2, 0.25) is 0 Å². The molecule has 1 N–H and O–H groups in total. The highest BCUT2D eigenvalue weighted by Gasteiger charge is 2.18. The van der Waals surface area contributed by atoms with Crippen LogP contribution in [0.5, 0.6) is 0 Å². The van der Waals surface area contributed by atoms with E-state index in [2.05, 4.69) is 25.9 Å². The van der Waals surface area contributed by atoms with E-state index in [0.717, 1.165) is 11.3 Å². The number of nitrogens with zero attached hydrogens (tertiary/aromatic N) is 6. The van der Waals surface area contributed by atoms with E-state index in [9.17, 15) is 9.59 Å². The molecule has 9 heteroatoms. The maximum Gasteiger partial charge on any atom is 0.276 e. The Labute approximate surface area is 166 Å². The molecule has 0 aliphatic heterocycles. The lowest BCUT2D eigenvalue weighted by Crippen LogP contribution is -2.28. The fraction of sp³-hybridized carbons (Fsp3) is 0.200. The van der Waals surface area contributed by atoms with E-state index < -0.39 is 0 Å². The number of hydrogen-bond donors (Lipinski definition) is 1. The molecule has 2 heterocycles. The summed E-state index contributed by atoms with van der Waals surface area (Å²) >= 11 is 0. The monoisotopic (exact) mass is 389 g/mol. The van der Waals surface area contributed by atoms with Crippen molar-refractivity contribution in [3.63, 3.8) is 0 Å². The van der Waals surface area contributed by atoms with Crippen LogP contribution in [-0.2, 0) is 0 Å². The van der Waals surface area contributed by atoms with Crippen LogP contribution in [0.1, 0.15) is 35.9 Å². The molecular formula is C20H19N7O2. The van der Waals surface area contributed by atoms with Gasteiger partial charge in [-0.05, 0) is 61.0 Å². The number of carbonyl (C=O) groups is 1. The molecule has 0 spiro atoms. The van der Waals surface area contributed by atoms with Crippen molar-refractivity contribution < 1.29 is 4.79 Å². The van der Waals surface area contributed by atoms with Crippen LogP contribution in [0.25, 0.3) is 16.5 Å². The Morgan fingerprint density at radius 3 is 2.52 bits per heavy atom. The average Bonchev–Trinajstić information content (AvgIpc) is 3.22. The van der Waals surface area contributed by atoms with Crippen LogP contribution in [0, 0.1) is 6.92 Å². The molecule has 4 aromatic rings. The minimum absolute atomic E-state index is 0.170. The van der Waals surface area contributed by atoms with Crippen LogP contribution in [0.2, 0.25) is 0 Å². The van der Waals surface area contributed by atoms with Gasteiger partial charge in [-0.2, -0.15) is 5.10 Å². The van der Waals surface area contributed by atoms with Crippen molar-refractivity contribution >= 4 is 22.4 Å². The third-order valence-electron chi connectivity index (χ3n) is 4.58. The molecule has 9 nitrogen and oxygen atoms in total. The number of aromatic nitrogens is 6. The number of rotatable bonds is 4. The van der Waals surface area contributed by atoms with Gasteiger partial charge in [-0.1, -0.05) is 18.2 Å². The summed E-state index contributed by atoms with van der Waals surface area (Å²) in [6, 6.07) is 12.2. The number of benzene rings is 2. The summed E-state index contributed by atoms with van der Waals surface area (Å²) in [5, 5.41) is 19.3. The number of nitrogens with one attached hydrogen (secondary N) is 1. The van der Waals surface area contributed by atoms with Crippen LogP contribution in [0.3, 0.4) is 0 Å². The van der Waals surface area contributed by atoms with E-state index in [-0.39, 0.29) is 23.2 Å². The Bertz CT molecular complexity index is 1260. The molecule has 0 unspecified atom stereocenters. The largest absolute Gasteiger partial charge is 0.321 e. The molecular weight excluding hydrogens is 370 g/mol. The summed E-state index contributed by atoms with van der Waals surface area (Å²) in [7, 11) is 0. The summed E-state index contributed by atoms with van der Waals surface area (Å²) in [6.45, 7) is 5.61. The highest BCUT2D eigenvalue weighted by atomic mass is 16.2. The fourth-order valence-electron chi connectivity index (χ4n) is 3.18. The van der Waals surface area contributed by atoms with Crippen LogP contribution >= 0.6 is 0 Å². The van der Waals surface area contributed by atoms with Gasteiger partial charge in [-0.3, -0.25) is 9.59 Å². The minimum atomic E-state index is -0.384. The van der Waals surface area contributed by atoms with E-state index in [0.29, 0.717) is 16.5 Å². The van der Waals surface area contributed by atoms with Crippen molar-refractivity contribution in [3.8, 4) is 5.69 Å². The number of fused-ring (bicyclic) bond motifs is 1. The summed E-state index contributed by atoms with van der Waals surface area (Å²) in [5.41, 5.74) is 2.30. The first-order valence-corrected chi connectivity index (χ1v) is 9.12. The van der Waals surface area contributed by atoms with Gasteiger partial charge in [0.05, 0.1) is 17.1 Å². The van der Waals surface area contributed by atoms with E-state index >= 15 is 0 Å². The predicted molar refractivity (Wildman–Crippen MR) is 108 cm³/mol. The SMILES string of the molecule is Cc1cc(NC(=O)c2nn(C(C)C)c(=O)c3ccccc23)ccc1-n1cnnn1. The quantitative estimate of drug-likeness (QED) is 0.575. The van der Waals surface area contributed by atoms with Crippen LogP contribution < -0.4 is 10.9 Å². The smallest absolute Gasteiger partial charge is 0.276 e. The number of amides is 1. The van der Waals surface area contributed by atoms with Crippen molar-refractivity contribution in [2.75, 3.05) is 5.32 Å². The van der Waals surface area contributed by atoms with Gasteiger partial charge in [-0.25, -0.2) is 9.36 Å². The Balaban J connectivity index is 1.72. The van der Waals surface area contributed by atoms with Crippen molar-refractivity contribution in [1.82, 2.24) is 30.0 Å². The van der Waals surface area contributed by atoms with Crippen molar-refractivity contribution in [3.05, 3.63) is 70.4 Å². The molecule has 4 rings (SSSR count). The van der Waals surface area contributed by atoms with Crippen LogP contribution in [-0.4, -0.2) is 35.9 Å². The molecule has 146 valence electrons. The maximum absolute atomic E-state index is 13.0. The van der Waals surface area contributed by atoms with Gasteiger partial charge in [0, 0.05) is 11.1 Å². The number of carbonyl (C=O) groups excluding carboxylic acids is 1. The second kappa shape index (κ2) is 7.27. The van der Waals surface area contributed by atoms with Gasteiger partial charge in [0.15, 0.2) is 5.69 Å². The van der Waals surface area contributed by atoms with Crippen molar-refractivity contribution in [2.24, 2.45) is 0 Å². The van der Waals surface area contributed by atoms with E-state index in [1.165, 1.54) is 11.0 Å². The lowest BCUT2D eigenvalue weighted by Gasteiger charge is -2.14. The topological polar surface area (TPSA) is 108 Å². The lowest BCUT2D eigenvalue weighted by molar-refractivity contribution is 0.102. The highest BCUT2D eigenvalue weighted by Crippen LogP contribution is 2.20. The van der Waals surface area contributed by atoms with Crippen LogP contribution in [0.4, 0.5) is 5.69 Å². The lowest BCUT2D eigenvalue weighted by atomic mass is 10.1. The molecule has 0 fully saturated rings. The molecule has 0 aliphatic rings. The molecule has 0 bridgehead atoms. The molecule has 0 radical (unpaired) electrons. The Kier molecular flexibility index (Phi) is 4.63. The van der Waals surface area contributed by atoms with Gasteiger partial charge >= 0.3 is 0 Å². The zero-order chi connectivity index (χ0) is 20.5. The number of anilines is 1. The van der Waals surface area contributed by atoms with E-state index in [1.807, 2.05) is 32.9 Å². The third kappa shape index (κ3) is 3.38. The number of aryl methyl sites for hydroxylation is 1. The molecule has 2 aromatic carbocycles. The number of hydrogen-bond acceptors (Lipinski definition) is 6. The van der Waals surface area contributed by atoms with E-state index in [4.69, 9.17) is 0 Å². The number of tetrazole rings is 1. The molecule has 0 saturated heterocycles. The summed E-state index contributed by atoms with van der Waals surface area (Å²) in [6.07, 6.45) is 1.51. The van der Waals surface area contributed by atoms with Crippen molar-refractivity contribution in [1.29, 1.82) is 0 Å². The second-order valence-corrected chi connectivity index (χ2v) is 6.95. The molecule has 2 aromatic heterocycles. The molecule has 0 saturated carbocycles. The highest BCUT2D eigenvalue weighted by molar-refractivity contribution is 6.11. The first-order valence-electron chi connectivity index (χ1n) is 9.12. The molecule has 0 aliphatic carbocycles. The molecule has 1 amide bonds. The first-order chi connectivity index (χ1) is 14.0. The summed E-state index contributed by atoms with van der Waals surface area (Å²) < 4.78 is 2.89. The van der Waals surface area contributed by atoms with Gasteiger partial charge in [0.25, 0.3) is 11.5 Å². The second-order valence-electron chi connectivity index (χ2n) is 6.95.